The normalized spacial score (nSPS) is 7.78. The smallest absolute Gasteiger partial charge is 0.0587 e. The molecule has 0 radical (unpaired) electrons. The molecule has 0 aromatic heterocycles. The second-order valence-electron chi connectivity index (χ2n) is 1.58. The van der Waals surface area contributed by atoms with Gasteiger partial charge in [-0.2, -0.15) is 5.26 Å². The van der Waals surface area contributed by atoms with Gasteiger partial charge in [0.1, 0.15) is 0 Å². The van der Waals surface area contributed by atoms with E-state index in [2.05, 4.69) is 26.0 Å². The molecule has 0 amide bonds. The Bertz CT molecular complexity index is 87.2. The van der Waals surface area contributed by atoms with Gasteiger partial charge in [-0.15, -0.1) is 0 Å². The molecule has 0 bridgehead atoms. The van der Waals surface area contributed by atoms with Crippen molar-refractivity contribution in [2.75, 3.05) is 0 Å². The van der Waals surface area contributed by atoms with Crippen LogP contribution >= 0.6 is 0 Å². The van der Waals surface area contributed by atoms with E-state index in [4.69, 9.17) is 5.26 Å². The fraction of sp³-hybridized carbons (Fsp3) is 0.625. The number of rotatable bonds is 2. The number of hydrogen-bond acceptors (Lipinski definition) is 1. The summed E-state index contributed by atoms with van der Waals surface area (Å²) in [6.07, 6.45) is 6.77. The van der Waals surface area contributed by atoms with Crippen molar-refractivity contribution in [2.24, 2.45) is 0 Å². The number of allylic oxidation sites excluding steroid dienone is 2. The predicted molar refractivity (Wildman–Crippen MR) is 41.0 cm³/mol. The molecule has 0 fully saturated rings. The number of nitriles is 1. The third kappa shape index (κ3) is 39.8. The van der Waals surface area contributed by atoms with Gasteiger partial charge in [-0.05, 0) is 13.3 Å². The van der Waals surface area contributed by atoms with Crippen molar-refractivity contribution in [2.45, 2.75) is 33.6 Å². The molecule has 9 heavy (non-hydrogen) atoms. The molecule has 0 spiro atoms. The molecule has 0 N–H and O–H groups in total. The van der Waals surface area contributed by atoms with Gasteiger partial charge < -0.3 is 0 Å². The highest BCUT2D eigenvalue weighted by Crippen LogP contribution is 1.85. The van der Waals surface area contributed by atoms with E-state index < -0.39 is 0 Å². The Kier molecular flexibility index (Phi) is 19.3. The summed E-state index contributed by atoms with van der Waals surface area (Å²) in [5.74, 6) is 0. The van der Waals surface area contributed by atoms with Crippen LogP contribution in [0.25, 0.3) is 0 Å². The average Bonchev–Trinajstić information content (AvgIpc) is 1.86. The lowest BCUT2D eigenvalue weighted by Gasteiger charge is -1.76. The van der Waals surface area contributed by atoms with E-state index >= 15 is 0 Å². The first-order valence-corrected chi connectivity index (χ1v) is 3.25. The van der Waals surface area contributed by atoms with E-state index in [0.29, 0.717) is 0 Å². The van der Waals surface area contributed by atoms with Gasteiger partial charge in [-0.1, -0.05) is 25.5 Å². The van der Waals surface area contributed by atoms with Crippen LogP contribution < -0.4 is 0 Å². The zero-order chi connectivity index (χ0) is 7.54. The lowest BCUT2D eigenvalue weighted by atomic mass is 10.3. The largest absolute Gasteiger partial charge is 0.199 e. The van der Waals surface area contributed by atoms with Crippen LogP contribution in [0.1, 0.15) is 33.6 Å². The lowest BCUT2D eigenvalue weighted by molar-refractivity contribution is 0.957. The van der Waals surface area contributed by atoms with Crippen molar-refractivity contribution in [3.63, 3.8) is 0 Å². The second kappa shape index (κ2) is 15.7. The highest BCUT2D eigenvalue weighted by Gasteiger charge is 1.64. The molecule has 0 rings (SSSR count). The topological polar surface area (TPSA) is 23.8 Å². The zero-order valence-corrected chi connectivity index (χ0v) is 6.52. The summed E-state index contributed by atoms with van der Waals surface area (Å²) in [5, 5.41) is 7.32. The zero-order valence-electron chi connectivity index (χ0n) is 6.52. The van der Waals surface area contributed by atoms with E-state index in [0.717, 1.165) is 0 Å². The molecule has 0 unspecified atom stereocenters. The third-order valence-electron chi connectivity index (χ3n) is 0.691. The van der Waals surface area contributed by atoms with Crippen molar-refractivity contribution in [3.05, 3.63) is 12.2 Å². The first-order valence-electron chi connectivity index (χ1n) is 3.25. The van der Waals surface area contributed by atoms with Crippen molar-refractivity contribution >= 4 is 0 Å². The Labute approximate surface area is 58.0 Å². The van der Waals surface area contributed by atoms with Crippen LogP contribution in [0, 0.1) is 11.3 Å². The molecule has 0 atom stereocenters. The fourth-order valence-corrected chi connectivity index (χ4v) is 0.333. The Morgan fingerprint density at radius 3 is 2.11 bits per heavy atom. The Balaban J connectivity index is 0. The van der Waals surface area contributed by atoms with Crippen molar-refractivity contribution < 1.29 is 0 Å². The second-order valence-corrected chi connectivity index (χ2v) is 1.58. The molecule has 0 heterocycles. The summed E-state index contributed by atoms with van der Waals surface area (Å²) in [6.45, 7) is 5.66. The quantitative estimate of drug-likeness (QED) is 0.520. The van der Waals surface area contributed by atoms with E-state index in [1.807, 2.05) is 0 Å². The minimum Gasteiger partial charge on any atom is -0.199 e. The summed E-state index contributed by atoms with van der Waals surface area (Å²) in [5.41, 5.74) is 0. The first kappa shape index (κ1) is 11.1. The maximum atomic E-state index is 7.32. The summed E-state index contributed by atoms with van der Waals surface area (Å²) in [4.78, 5) is 0. The van der Waals surface area contributed by atoms with Crippen LogP contribution in [0.4, 0.5) is 0 Å². The van der Waals surface area contributed by atoms with Gasteiger partial charge in [0.25, 0.3) is 0 Å². The highest BCUT2D eigenvalue weighted by molar-refractivity contribution is 4.75. The summed E-state index contributed by atoms with van der Waals surface area (Å²) >= 11 is 0. The van der Waals surface area contributed by atoms with E-state index in [9.17, 15) is 0 Å². The molecule has 1 nitrogen and oxygen atoms in total. The maximum absolute atomic E-state index is 7.32. The Hall–Kier alpha value is -0.770. The molecule has 0 saturated carbocycles. The molecule has 1 heteroatoms. The van der Waals surface area contributed by atoms with Crippen molar-refractivity contribution in [1.29, 1.82) is 5.26 Å². The van der Waals surface area contributed by atoms with Gasteiger partial charge >= 0.3 is 0 Å². The molecule has 0 aliphatic rings. The molecule has 0 saturated heterocycles. The molecule has 52 valence electrons. The molecule has 0 aromatic rings. The Morgan fingerprint density at radius 1 is 1.56 bits per heavy atom. The van der Waals surface area contributed by atoms with E-state index in [1.165, 1.54) is 19.8 Å². The number of hydrogen-bond donors (Lipinski definition) is 0. The van der Waals surface area contributed by atoms with Crippen LogP contribution in [0.5, 0.6) is 0 Å². The van der Waals surface area contributed by atoms with Crippen LogP contribution in [-0.2, 0) is 0 Å². The predicted octanol–water partition coefficient (Wildman–Crippen LogP) is 2.89. The van der Waals surface area contributed by atoms with Crippen LogP contribution in [0.15, 0.2) is 12.2 Å². The monoisotopic (exact) mass is 125 g/mol. The molecular weight excluding hydrogens is 110 g/mol. The first-order chi connectivity index (χ1) is 4.33. The van der Waals surface area contributed by atoms with Crippen molar-refractivity contribution in [1.82, 2.24) is 0 Å². The van der Waals surface area contributed by atoms with Gasteiger partial charge in [0.2, 0.25) is 0 Å². The SMILES string of the molecule is C/C=C/CCC.CC#N. The molecule has 0 aromatic carbocycles. The molecule has 0 aliphatic carbocycles. The van der Waals surface area contributed by atoms with Gasteiger partial charge in [-0.25, -0.2) is 0 Å². The lowest BCUT2D eigenvalue weighted by Crippen LogP contribution is -1.55. The van der Waals surface area contributed by atoms with Crippen LogP contribution in [0.3, 0.4) is 0 Å². The number of nitrogens with zero attached hydrogens (tertiary/aromatic N) is 1. The summed E-state index contributed by atoms with van der Waals surface area (Å²) in [6, 6.07) is 1.75. The Morgan fingerprint density at radius 2 is 2.00 bits per heavy atom. The third-order valence-corrected chi connectivity index (χ3v) is 0.691. The summed E-state index contributed by atoms with van der Waals surface area (Å²) < 4.78 is 0. The molecule has 0 aliphatic heterocycles. The minimum atomic E-state index is 1.23. The van der Waals surface area contributed by atoms with Gasteiger partial charge in [0, 0.05) is 6.92 Å². The minimum absolute atomic E-state index is 1.23. The molecular formula is C8H15N. The highest BCUT2D eigenvalue weighted by atomic mass is 14.2. The average molecular weight is 125 g/mol. The van der Waals surface area contributed by atoms with Gasteiger partial charge in [-0.3, -0.25) is 0 Å². The summed E-state index contributed by atoms with van der Waals surface area (Å²) in [7, 11) is 0. The maximum Gasteiger partial charge on any atom is 0.0587 e. The van der Waals surface area contributed by atoms with Gasteiger partial charge in [0.05, 0.1) is 6.07 Å². The van der Waals surface area contributed by atoms with E-state index in [1.54, 1.807) is 6.07 Å². The standard InChI is InChI=1S/C6H12.C2H3N/c1-3-5-6-4-2;1-2-3/h3,5H,4,6H2,1-2H3;1H3/b5-3+;. The van der Waals surface area contributed by atoms with Crippen molar-refractivity contribution in [3.8, 4) is 6.07 Å². The van der Waals surface area contributed by atoms with E-state index in [-0.39, 0.29) is 0 Å². The van der Waals surface area contributed by atoms with Crippen LogP contribution in [-0.4, -0.2) is 0 Å². The van der Waals surface area contributed by atoms with Crippen LogP contribution in [0.2, 0.25) is 0 Å². The fourth-order valence-electron chi connectivity index (χ4n) is 0.333. The van der Waals surface area contributed by atoms with Gasteiger partial charge in [0.15, 0.2) is 0 Å². The number of unbranched alkanes of at least 4 members (excludes halogenated alkanes) is 1.